The molecule has 2 N–H and O–H groups in total. The molecule has 3 heteroatoms. The molecule has 22 heavy (non-hydrogen) atoms. The Hall–Kier alpha value is -1.35. The fraction of sp³-hybridized carbons (Fsp3) is 0.368. The SMILES string of the molecule is CCCC(CN)OC1C=C(c2ccccc2Cl)C=CC=C1C. The van der Waals surface area contributed by atoms with E-state index in [2.05, 4.69) is 32.1 Å². The monoisotopic (exact) mass is 317 g/mol. The lowest BCUT2D eigenvalue weighted by atomic mass is 10.0. The van der Waals surface area contributed by atoms with E-state index in [0.29, 0.717) is 6.54 Å². The van der Waals surface area contributed by atoms with Gasteiger partial charge in [0.2, 0.25) is 0 Å². The smallest absolute Gasteiger partial charge is 0.0980 e. The molecule has 0 spiro atoms. The van der Waals surface area contributed by atoms with Crippen LogP contribution < -0.4 is 5.73 Å². The largest absolute Gasteiger partial charge is 0.365 e. The zero-order chi connectivity index (χ0) is 15.9. The first-order valence-electron chi connectivity index (χ1n) is 7.82. The van der Waals surface area contributed by atoms with Crippen LogP contribution in [-0.4, -0.2) is 18.8 Å². The van der Waals surface area contributed by atoms with Crippen LogP contribution in [0.2, 0.25) is 5.02 Å². The fourth-order valence-electron chi connectivity index (χ4n) is 2.54. The number of ether oxygens (including phenoxy) is 1. The van der Waals surface area contributed by atoms with Gasteiger partial charge in [0.15, 0.2) is 0 Å². The van der Waals surface area contributed by atoms with Crippen LogP contribution in [0, 0.1) is 0 Å². The number of benzene rings is 1. The molecule has 0 heterocycles. The average Bonchev–Trinajstić information content (AvgIpc) is 2.69. The normalized spacial score (nSPS) is 19.4. The highest BCUT2D eigenvalue weighted by Crippen LogP contribution is 2.28. The van der Waals surface area contributed by atoms with Crippen LogP contribution in [0.5, 0.6) is 0 Å². The molecule has 2 nitrogen and oxygen atoms in total. The van der Waals surface area contributed by atoms with Gasteiger partial charge in [-0.15, -0.1) is 0 Å². The Bertz CT molecular complexity index is 589. The van der Waals surface area contributed by atoms with Gasteiger partial charge in [0.25, 0.3) is 0 Å². The van der Waals surface area contributed by atoms with Gasteiger partial charge in [0.05, 0.1) is 12.2 Å². The summed E-state index contributed by atoms with van der Waals surface area (Å²) in [4.78, 5) is 0. The molecular formula is C19H24ClNO. The first kappa shape index (κ1) is 17.0. The van der Waals surface area contributed by atoms with Crippen molar-refractivity contribution in [1.29, 1.82) is 0 Å². The Labute approximate surface area is 138 Å². The number of halogens is 1. The lowest BCUT2D eigenvalue weighted by molar-refractivity contribution is 0.0315. The lowest BCUT2D eigenvalue weighted by Gasteiger charge is -2.22. The van der Waals surface area contributed by atoms with E-state index in [0.717, 1.165) is 29.0 Å². The first-order chi connectivity index (χ1) is 10.7. The Kier molecular flexibility index (Phi) is 6.44. The van der Waals surface area contributed by atoms with Crippen molar-refractivity contribution in [3.05, 3.63) is 64.7 Å². The molecule has 118 valence electrons. The molecule has 0 amide bonds. The number of nitrogens with two attached hydrogens (primary N) is 1. The lowest BCUT2D eigenvalue weighted by Crippen LogP contribution is -2.28. The van der Waals surface area contributed by atoms with Crippen molar-refractivity contribution in [3.8, 4) is 0 Å². The summed E-state index contributed by atoms with van der Waals surface area (Å²) in [6, 6.07) is 7.88. The third kappa shape index (κ3) is 4.33. The molecule has 1 aliphatic rings. The van der Waals surface area contributed by atoms with Crippen LogP contribution in [0.1, 0.15) is 32.3 Å². The van der Waals surface area contributed by atoms with Gasteiger partial charge < -0.3 is 10.5 Å². The number of allylic oxidation sites excluding steroid dienone is 4. The second kappa shape index (κ2) is 8.33. The molecule has 1 aromatic carbocycles. The van der Waals surface area contributed by atoms with E-state index in [1.807, 2.05) is 30.3 Å². The molecular weight excluding hydrogens is 294 g/mol. The first-order valence-corrected chi connectivity index (χ1v) is 8.20. The van der Waals surface area contributed by atoms with Crippen molar-refractivity contribution >= 4 is 17.2 Å². The summed E-state index contributed by atoms with van der Waals surface area (Å²) in [7, 11) is 0. The van der Waals surface area contributed by atoms with Crippen LogP contribution in [0.15, 0.2) is 54.1 Å². The van der Waals surface area contributed by atoms with Gasteiger partial charge >= 0.3 is 0 Å². The maximum absolute atomic E-state index is 6.33. The molecule has 0 saturated carbocycles. The van der Waals surface area contributed by atoms with Crippen molar-refractivity contribution in [2.75, 3.05) is 6.54 Å². The summed E-state index contributed by atoms with van der Waals surface area (Å²) in [6.07, 6.45) is 10.4. The summed E-state index contributed by atoms with van der Waals surface area (Å²) in [5.74, 6) is 0. The van der Waals surface area contributed by atoms with Gasteiger partial charge in [-0.2, -0.15) is 0 Å². The minimum absolute atomic E-state index is 0.0682. The van der Waals surface area contributed by atoms with E-state index in [-0.39, 0.29) is 12.2 Å². The zero-order valence-corrected chi connectivity index (χ0v) is 14.0. The van der Waals surface area contributed by atoms with Gasteiger partial charge in [-0.05, 0) is 36.6 Å². The average molecular weight is 318 g/mol. The van der Waals surface area contributed by atoms with Crippen LogP contribution >= 0.6 is 11.6 Å². The zero-order valence-electron chi connectivity index (χ0n) is 13.3. The molecule has 0 radical (unpaired) electrons. The second-order valence-electron chi connectivity index (χ2n) is 5.57. The predicted molar refractivity (Wildman–Crippen MR) is 94.9 cm³/mol. The minimum atomic E-state index is -0.0682. The van der Waals surface area contributed by atoms with Gasteiger partial charge in [-0.3, -0.25) is 0 Å². The summed E-state index contributed by atoms with van der Waals surface area (Å²) in [6.45, 7) is 4.77. The summed E-state index contributed by atoms with van der Waals surface area (Å²) >= 11 is 6.33. The van der Waals surface area contributed by atoms with E-state index >= 15 is 0 Å². The summed E-state index contributed by atoms with van der Waals surface area (Å²) < 4.78 is 6.21. The molecule has 0 bridgehead atoms. The standard InChI is InChI=1S/C19H24ClNO/c1-3-7-16(13-21)22-19-12-15(9-6-8-14(19)2)17-10-4-5-11-18(17)20/h4-6,8-12,16,19H,3,7,13,21H2,1-2H3. The van der Waals surface area contributed by atoms with Crippen molar-refractivity contribution in [1.82, 2.24) is 0 Å². The highest BCUT2D eigenvalue weighted by atomic mass is 35.5. The van der Waals surface area contributed by atoms with Gasteiger partial charge in [0, 0.05) is 17.1 Å². The van der Waals surface area contributed by atoms with Crippen LogP contribution in [0.4, 0.5) is 0 Å². The van der Waals surface area contributed by atoms with E-state index in [1.165, 1.54) is 5.57 Å². The highest BCUT2D eigenvalue weighted by molar-refractivity contribution is 6.32. The molecule has 2 atom stereocenters. The van der Waals surface area contributed by atoms with E-state index < -0.39 is 0 Å². The maximum atomic E-state index is 6.33. The molecule has 0 saturated heterocycles. The molecule has 1 aromatic rings. The van der Waals surface area contributed by atoms with Crippen molar-refractivity contribution < 1.29 is 4.74 Å². The minimum Gasteiger partial charge on any atom is -0.365 e. The third-order valence-electron chi connectivity index (χ3n) is 3.81. The Morgan fingerprint density at radius 3 is 2.77 bits per heavy atom. The molecule has 0 aliphatic heterocycles. The fourth-order valence-corrected chi connectivity index (χ4v) is 2.79. The van der Waals surface area contributed by atoms with Crippen molar-refractivity contribution in [2.45, 2.75) is 38.9 Å². The van der Waals surface area contributed by atoms with Gasteiger partial charge in [-0.1, -0.05) is 61.4 Å². The van der Waals surface area contributed by atoms with Gasteiger partial charge in [-0.25, -0.2) is 0 Å². The molecule has 0 fully saturated rings. The second-order valence-corrected chi connectivity index (χ2v) is 5.98. The Morgan fingerprint density at radius 1 is 1.32 bits per heavy atom. The number of hydrogen-bond acceptors (Lipinski definition) is 2. The predicted octanol–water partition coefficient (Wildman–Crippen LogP) is 4.75. The summed E-state index contributed by atoms with van der Waals surface area (Å²) in [5.41, 5.74) is 9.11. The topological polar surface area (TPSA) is 35.2 Å². The van der Waals surface area contributed by atoms with E-state index in [1.54, 1.807) is 0 Å². The molecule has 2 rings (SSSR count). The number of rotatable bonds is 6. The molecule has 1 aliphatic carbocycles. The molecule has 0 aromatic heterocycles. The Morgan fingerprint density at radius 2 is 2.09 bits per heavy atom. The van der Waals surface area contributed by atoms with Crippen molar-refractivity contribution in [2.24, 2.45) is 5.73 Å². The number of hydrogen-bond donors (Lipinski definition) is 1. The van der Waals surface area contributed by atoms with Crippen LogP contribution in [0.25, 0.3) is 5.57 Å². The van der Waals surface area contributed by atoms with Crippen LogP contribution in [-0.2, 0) is 4.74 Å². The summed E-state index contributed by atoms with van der Waals surface area (Å²) in [5, 5.41) is 0.751. The van der Waals surface area contributed by atoms with E-state index in [4.69, 9.17) is 22.1 Å². The van der Waals surface area contributed by atoms with Crippen molar-refractivity contribution in [3.63, 3.8) is 0 Å². The maximum Gasteiger partial charge on any atom is 0.0980 e. The molecule has 2 unspecified atom stereocenters. The van der Waals surface area contributed by atoms with E-state index in [9.17, 15) is 0 Å². The van der Waals surface area contributed by atoms with Crippen LogP contribution in [0.3, 0.4) is 0 Å². The Balaban J connectivity index is 2.28. The van der Waals surface area contributed by atoms with Gasteiger partial charge in [0.1, 0.15) is 0 Å². The quantitative estimate of drug-likeness (QED) is 0.821. The third-order valence-corrected chi connectivity index (χ3v) is 4.14. The highest BCUT2D eigenvalue weighted by Gasteiger charge is 2.17.